The molecule has 0 bridgehead atoms. The Bertz CT molecular complexity index is 626. The first kappa shape index (κ1) is 12.2. The minimum atomic E-state index is -0.312. The number of hydrogen-bond acceptors (Lipinski definition) is 2. The second-order valence-corrected chi connectivity index (χ2v) is 5.52. The van der Waals surface area contributed by atoms with Crippen molar-refractivity contribution in [3.8, 4) is 6.07 Å². The predicted molar refractivity (Wildman–Crippen MR) is 78.0 cm³/mol. The average Bonchev–Trinajstić information content (AvgIpc) is 2.48. The molecule has 2 aromatic carbocycles. The fourth-order valence-electron chi connectivity index (χ4n) is 3.08. The van der Waals surface area contributed by atoms with E-state index in [1.165, 1.54) is 16.3 Å². The van der Waals surface area contributed by atoms with E-state index in [0.29, 0.717) is 0 Å². The van der Waals surface area contributed by atoms with Crippen LogP contribution in [0.3, 0.4) is 0 Å². The SMILES string of the molecule is CN1CCC(C#N)(c2cccc3ccccc23)CC1. The first-order valence-corrected chi connectivity index (χ1v) is 6.83. The maximum Gasteiger partial charge on any atom is 0.0852 e. The standard InChI is InChI=1S/C17H18N2/c1-19-11-9-17(13-18,10-12-19)16-8-4-6-14-5-2-3-7-15(14)16/h2-8H,9-12H2,1H3. The van der Waals surface area contributed by atoms with E-state index >= 15 is 0 Å². The maximum absolute atomic E-state index is 9.77. The van der Waals surface area contributed by atoms with Gasteiger partial charge in [-0.1, -0.05) is 42.5 Å². The molecule has 2 nitrogen and oxygen atoms in total. The number of nitrogens with zero attached hydrogens (tertiary/aromatic N) is 2. The molecule has 1 aliphatic rings. The van der Waals surface area contributed by atoms with Gasteiger partial charge in [0.05, 0.1) is 11.5 Å². The molecule has 1 saturated heterocycles. The highest BCUT2D eigenvalue weighted by molar-refractivity contribution is 5.87. The Morgan fingerprint density at radius 2 is 1.74 bits per heavy atom. The molecule has 19 heavy (non-hydrogen) atoms. The Kier molecular flexibility index (Phi) is 3.00. The molecule has 0 amide bonds. The van der Waals surface area contributed by atoms with Gasteiger partial charge < -0.3 is 4.90 Å². The number of likely N-dealkylation sites (tertiary alicyclic amines) is 1. The third-order valence-corrected chi connectivity index (χ3v) is 4.36. The highest BCUT2D eigenvalue weighted by Gasteiger charge is 2.36. The molecule has 0 atom stereocenters. The summed E-state index contributed by atoms with van der Waals surface area (Å²) >= 11 is 0. The molecule has 0 radical (unpaired) electrons. The number of nitriles is 1. The summed E-state index contributed by atoms with van der Waals surface area (Å²) in [5.41, 5.74) is 0.897. The molecule has 2 heteroatoms. The van der Waals surface area contributed by atoms with Crippen molar-refractivity contribution >= 4 is 10.8 Å². The number of benzene rings is 2. The first-order valence-electron chi connectivity index (χ1n) is 6.83. The predicted octanol–water partition coefficient (Wildman–Crippen LogP) is 3.33. The van der Waals surface area contributed by atoms with Crippen molar-refractivity contribution in [3.63, 3.8) is 0 Å². The zero-order valence-corrected chi connectivity index (χ0v) is 11.3. The van der Waals surface area contributed by atoms with Gasteiger partial charge in [-0.05, 0) is 49.3 Å². The van der Waals surface area contributed by atoms with E-state index < -0.39 is 0 Å². The van der Waals surface area contributed by atoms with Crippen LogP contribution in [0.1, 0.15) is 18.4 Å². The summed E-state index contributed by atoms with van der Waals surface area (Å²) < 4.78 is 0. The molecule has 96 valence electrons. The van der Waals surface area contributed by atoms with E-state index in [4.69, 9.17) is 0 Å². The molecule has 1 fully saturated rings. The maximum atomic E-state index is 9.77. The van der Waals surface area contributed by atoms with Crippen LogP contribution in [0.4, 0.5) is 0 Å². The van der Waals surface area contributed by atoms with E-state index in [1.807, 2.05) is 0 Å². The van der Waals surface area contributed by atoms with Crippen LogP contribution in [0.2, 0.25) is 0 Å². The van der Waals surface area contributed by atoms with Crippen LogP contribution >= 0.6 is 0 Å². The fourth-order valence-corrected chi connectivity index (χ4v) is 3.08. The molecule has 1 aliphatic heterocycles. The van der Waals surface area contributed by atoms with Crippen LogP contribution in [0.5, 0.6) is 0 Å². The summed E-state index contributed by atoms with van der Waals surface area (Å²) in [5, 5.41) is 12.2. The number of rotatable bonds is 1. The van der Waals surface area contributed by atoms with Gasteiger partial charge in [0.25, 0.3) is 0 Å². The molecule has 2 aromatic rings. The van der Waals surface area contributed by atoms with Crippen molar-refractivity contribution in [2.75, 3.05) is 20.1 Å². The largest absolute Gasteiger partial charge is 0.306 e. The van der Waals surface area contributed by atoms with Gasteiger partial charge >= 0.3 is 0 Å². The van der Waals surface area contributed by atoms with E-state index in [0.717, 1.165) is 25.9 Å². The molecular weight excluding hydrogens is 232 g/mol. The van der Waals surface area contributed by atoms with Gasteiger partial charge in [-0.2, -0.15) is 5.26 Å². The van der Waals surface area contributed by atoms with Crippen molar-refractivity contribution in [1.82, 2.24) is 4.90 Å². The lowest BCUT2D eigenvalue weighted by atomic mass is 9.72. The molecule has 0 spiro atoms. The third kappa shape index (κ3) is 2.01. The third-order valence-electron chi connectivity index (χ3n) is 4.36. The Labute approximate surface area is 114 Å². The first-order chi connectivity index (χ1) is 9.25. The van der Waals surface area contributed by atoms with E-state index in [1.54, 1.807) is 0 Å². The molecule has 0 unspecified atom stereocenters. The van der Waals surface area contributed by atoms with Gasteiger partial charge in [0.1, 0.15) is 0 Å². The van der Waals surface area contributed by atoms with Gasteiger partial charge in [-0.15, -0.1) is 0 Å². The van der Waals surface area contributed by atoms with Gasteiger partial charge in [0.15, 0.2) is 0 Å². The summed E-state index contributed by atoms with van der Waals surface area (Å²) in [5.74, 6) is 0. The van der Waals surface area contributed by atoms with Crippen molar-refractivity contribution in [3.05, 3.63) is 48.0 Å². The lowest BCUT2D eigenvalue weighted by Gasteiger charge is -2.36. The smallest absolute Gasteiger partial charge is 0.0852 e. The lowest BCUT2D eigenvalue weighted by Crippen LogP contribution is -2.40. The molecule has 0 N–H and O–H groups in total. The number of fused-ring (bicyclic) bond motifs is 1. The van der Waals surface area contributed by atoms with Gasteiger partial charge in [0.2, 0.25) is 0 Å². The van der Waals surface area contributed by atoms with Crippen LogP contribution in [0, 0.1) is 11.3 Å². The molecule has 0 aliphatic carbocycles. The van der Waals surface area contributed by atoms with Crippen LogP contribution in [0.25, 0.3) is 10.8 Å². The minimum absolute atomic E-state index is 0.312. The highest BCUT2D eigenvalue weighted by Crippen LogP contribution is 2.38. The van der Waals surface area contributed by atoms with E-state index in [9.17, 15) is 5.26 Å². The van der Waals surface area contributed by atoms with Crippen LogP contribution in [-0.2, 0) is 5.41 Å². The van der Waals surface area contributed by atoms with Crippen LogP contribution in [0.15, 0.2) is 42.5 Å². The molecule has 1 heterocycles. The summed E-state index contributed by atoms with van der Waals surface area (Å²) in [7, 11) is 2.13. The highest BCUT2D eigenvalue weighted by atomic mass is 15.1. The van der Waals surface area contributed by atoms with E-state index in [-0.39, 0.29) is 5.41 Å². The number of hydrogen-bond donors (Lipinski definition) is 0. The summed E-state index contributed by atoms with van der Waals surface area (Å²) in [4.78, 5) is 2.31. The summed E-state index contributed by atoms with van der Waals surface area (Å²) in [6.45, 7) is 1.99. The Balaban J connectivity index is 2.15. The zero-order valence-electron chi connectivity index (χ0n) is 11.3. The fraction of sp³-hybridized carbons (Fsp3) is 0.353. The van der Waals surface area contributed by atoms with Crippen molar-refractivity contribution in [2.45, 2.75) is 18.3 Å². The van der Waals surface area contributed by atoms with Gasteiger partial charge in [-0.3, -0.25) is 0 Å². The van der Waals surface area contributed by atoms with E-state index in [2.05, 4.69) is 60.5 Å². The van der Waals surface area contributed by atoms with Crippen molar-refractivity contribution in [2.24, 2.45) is 0 Å². The zero-order chi connectivity index (χ0) is 13.3. The van der Waals surface area contributed by atoms with Crippen LogP contribution in [-0.4, -0.2) is 25.0 Å². The minimum Gasteiger partial charge on any atom is -0.306 e. The second-order valence-electron chi connectivity index (χ2n) is 5.52. The second kappa shape index (κ2) is 4.68. The Hall–Kier alpha value is -1.85. The number of piperidine rings is 1. The molecule has 0 aromatic heterocycles. The molecule has 3 rings (SSSR count). The van der Waals surface area contributed by atoms with Crippen molar-refractivity contribution in [1.29, 1.82) is 5.26 Å². The monoisotopic (exact) mass is 250 g/mol. The molecule has 0 saturated carbocycles. The molecular formula is C17H18N2. The lowest BCUT2D eigenvalue weighted by molar-refractivity contribution is 0.223. The topological polar surface area (TPSA) is 27.0 Å². The summed E-state index contributed by atoms with van der Waals surface area (Å²) in [6.07, 6.45) is 1.85. The average molecular weight is 250 g/mol. The summed E-state index contributed by atoms with van der Waals surface area (Å²) in [6, 6.07) is 17.3. The Morgan fingerprint density at radius 3 is 2.47 bits per heavy atom. The quantitative estimate of drug-likeness (QED) is 0.776. The van der Waals surface area contributed by atoms with Crippen LogP contribution < -0.4 is 0 Å². The van der Waals surface area contributed by atoms with Crippen molar-refractivity contribution < 1.29 is 0 Å². The van der Waals surface area contributed by atoms with Gasteiger partial charge in [0, 0.05) is 0 Å². The van der Waals surface area contributed by atoms with Gasteiger partial charge in [-0.25, -0.2) is 0 Å². The Morgan fingerprint density at radius 1 is 1.05 bits per heavy atom. The normalized spacial score (nSPS) is 19.2.